The van der Waals surface area contributed by atoms with Crippen LogP contribution in [0.1, 0.15) is 5.56 Å². The van der Waals surface area contributed by atoms with Gasteiger partial charge in [-0.25, -0.2) is 17.7 Å². The molecule has 7 nitrogen and oxygen atoms in total. The summed E-state index contributed by atoms with van der Waals surface area (Å²) in [6.45, 7) is 0. The lowest BCUT2D eigenvalue weighted by Crippen LogP contribution is -2.22. The predicted molar refractivity (Wildman–Crippen MR) is 87.8 cm³/mol. The van der Waals surface area contributed by atoms with Crippen LogP contribution in [0.15, 0.2) is 52.5 Å². The predicted octanol–water partition coefficient (Wildman–Crippen LogP) is 2.53. The minimum Gasteiger partial charge on any atom is -0.258 e. The van der Waals surface area contributed by atoms with Crippen molar-refractivity contribution in [2.75, 3.05) is 14.1 Å². The van der Waals surface area contributed by atoms with Crippen LogP contribution in [0.25, 0.3) is 0 Å². The molecule has 0 spiro atoms. The van der Waals surface area contributed by atoms with Crippen LogP contribution >= 0.6 is 11.8 Å². The Balaban J connectivity index is 2.03. The third-order valence-electron chi connectivity index (χ3n) is 3.02. The van der Waals surface area contributed by atoms with Gasteiger partial charge in [0.1, 0.15) is 4.90 Å². The van der Waals surface area contributed by atoms with Gasteiger partial charge in [-0.1, -0.05) is 12.1 Å². The normalized spacial score (nSPS) is 11.6. The fourth-order valence-electron chi connectivity index (χ4n) is 1.69. The first-order chi connectivity index (χ1) is 10.8. The van der Waals surface area contributed by atoms with E-state index in [4.69, 9.17) is 0 Å². The zero-order chi connectivity index (χ0) is 17.0. The third kappa shape index (κ3) is 4.27. The Kier molecular flexibility index (Phi) is 5.34. The Labute approximate surface area is 138 Å². The van der Waals surface area contributed by atoms with E-state index in [1.807, 2.05) is 0 Å². The van der Waals surface area contributed by atoms with Crippen molar-refractivity contribution in [3.8, 4) is 0 Å². The van der Waals surface area contributed by atoms with Gasteiger partial charge in [0, 0.05) is 38.2 Å². The number of sulfonamides is 1. The highest BCUT2D eigenvalue weighted by atomic mass is 32.2. The number of hydrogen-bond acceptors (Lipinski definition) is 6. The summed E-state index contributed by atoms with van der Waals surface area (Å²) in [7, 11) is -0.546. The van der Waals surface area contributed by atoms with Gasteiger partial charge in [-0.3, -0.25) is 10.1 Å². The zero-order valence-electron chi connectivity index (χ0n) is 12.5. The molecule has 0 N–H and O–H groups in total. The van der Waals surface area contributed by atoms with E-state index >= 15 is 0 Å². The smallest absolute Gasteiger partial charge is 0.258 e. The molecule has 0 bridgehead atoms. The summed E-state index contributed by atoms with van der Waals surface area (Å²) in [4.78, 5) is 14.4. The van der Waals surface area contributed by atoms with E-state index in [2.05, 4.69) is 4.98 Å². The van der Waals surface area contributed by atoms with Crippen molar-refractivity contribution < 1.29 is 13.3 Å². The molecule has 0 aliphatic heterocycles. The third-order valence-corrected chi connectivity index (χ3v) is 5.84. The molecule has 1 heterocycles. The van der Waals surface area contributed by atoms with Gasteiger partial charge in [-0.15, -0.1) is 11.8 Å². The highest BCUT2D eigenvalue weighted by Crippen LogP contribution is 2.23. The van der Waals surface area contributed by atoms with Gasteiger partial charge >= 0.3 is 0 Å². The molecule has 0 unspecified atom stereocenters. The van der Waals surface area contributed by atoms with E-state index in [0.29, 0.717) is 10.8 Å². The van der Waals surface area contributed by atoms with E-state index in [0.717, 1.165) is 9.87 Å². The average Bonchev–Trinajstić information content (AvgIpc) is 2.53. The van der Waals surface area contributed by atoms with Crippen molar-refractivity contribution in [3.63, 3.8) is 0 Å². The number of hydrogen-bond donors (Lipinski definition) is 0. The molecular weight excluding hydrogens is 338 g/mol. The first-order valence-corrected chi connectivity index (χ1v) is 8.98. The fraction of sp³-hybridized carbons (Fsp3) is 0.214. The van der Waals surface area contributed by atoms with Crippen molar-refractivity contribution >= 4 is 27.5 Å². The molecule has 23 heavy (non-hydrogen) atoms. The monoisotopic (exact) mass is 353 g/mol. The van der Waals surface area contributed by atoms with E-state index in [-0.39, 0.29) is 10.6 Å². The van der Waals surface area contributed by atoms with Crippen LogP contribution in [-0.4, -0.2) is 36.7 Å². The van der Waals surface area contributed by atoms with Gasteiger partial charge in [-0.05, 0) is 17.7 Å². The van der Waals surface area contributed by atoms with Gasteiger partial charge < -0.3 is 0 Å². The summed E-state index contributed by atoms with van der Waals surface area (Å²) in [5.74, 6) is 0.588. The van der Waals surface area contributed by atoms with Gasteiger partial charge in [0.25, 0.3) is 5.69 Å². The largest absolute Gasteiger partial charge is 0.269 e. The van der Waals surface area contributed by atoms with Crippen LogP contribution in [0, 0.1) is 10.1 Å². The zero-order valence-corrected chi connectivity index (χ0v) is 14.2. The van der Waals surface area contributed by atoms with E-state index in [9.17, 15) is 18.5 Å². The van der Waals surface area contributed by atoms with Crippen LogP contribution in [0.5, 0.6) is 0 Å². The molecule has 0 aliphatic rings. The van der Waals surface area contributed by atoms with Crippen molar-refractivity contribution in [1.82, 2.24) is 9.29 Å². The summed E-state index contributed by atoms with van der Waals surface area (Å²) in [5.41, 5.74) is 0.975. The number of rotatable bonds is 6. The molecule has 0 saturated heterocycles. The van der Waals surface area contributed by atoms with Crippen LogP contribution < -0.4 is 0 Å². The molecule has 2 rings (SSSR count). The molecule has 122 valence electrons. The highest BCUT2D eigenvalue weighted by molar-refractivity contribution is 7.98. The van der Waals surface area contributed by atoms with Crippen molar-refractivity contribution in [3.05, 3.63) is 58.3 Å². The van der Waals surface area contributed by atoms with E-state index in [1.165, 1.54) is 50.3 Å². The van der Waals surface area contributed by atoms with Crippen LogP contribution in [0.3, 0.4) is 0 Å². The molecule has 0 aliphatic carbocycles. The number of aromatic nitrogens is 1. The summed E-state index contributed by atoms with van der Waals surface area (Å²) >= 11 is 1.43. The van der Waals surface area contributed by atoms with Crippen LogP contribution in [0.4, 0.5) is 5.69 Å². The van der Waals surface area contributed by atoms with Crippen LogP contribution in [-0.2, 0) is 15.8 Å². The lowest BCUT2D eigenvalue weighted by Gasteiger charge is -2.11. The Bertz CT molecular complexity index is 788. The Morgan fingerprint density at radius 2 is 1.83 bits per heavy atom. The van der Waals surface area contributed by atoms with Gasteiger partial charge in [0.05, 0.1) is 9.95 Å². The quantitative estimate of drug-likeness (QED) is 0.450. The maximum Gasteiger partial charge on any atom is 0.269 e. The second kappa shape index (κ2) is 7.07. The van der Waals surface area contributed by atoms with E-state index in [1.54, 1.807) is 18.2 Å². The molecule has 0 fully saturated rings. The Hall–Kier alpha value is -1.97. The molecule has 0 radical (unpaired) electrons. The SMILES string of the molecule is CN(C)S(=O)(=O)c1ccc(SCc2ccc([N+](=O)[O-])cc2)nc1. The van der Waals surface area contributed by atoms with Crippen molar-refractivity contribution in [2.24, 2.45) is 0 Å². The minimum absolute atomic E-state index is 0.0510. The molecule has 0 amide bonds. The number of benzene rings is 1. The molecule has 0 atom stereocenters. The first-order valence-electron chi connectivity index (χ1n) is 6.55. The number of nitro benzene ring substituents is 1. The summed E-state index contributed by atoms with van der Waals surface area (Å²) in [6, 6.07) is 9.45. The lowest BCUT2D eigenvalue weighted by molar-refractivity contribution is -0.384. The summed E-state index contributed by atoms with van der Waals surface area (Å²) < 4.78 is 25.0. The standard InChI is InChI=1S/C14H15N3O4S2/c1-16(2)23(20,21)13-7-8-14(15-9-13)22-10-11-3-5-12(6-4-11)17(18)19/h3-9H,10H2,1-2H3. The van der Waals surface area contributed by atoms with Crippen LogP contribution in [0.2, 0.25) is 0 Å². The van der Waals surface area contributed by atoms with Crippen molar-refractivity contribution in [1.29, 1.82) is 0 Å². The minimum atomic E-state index is -3.48. The maximum atomic E-state index is 11.9. The van der Waals surface area contributed by atoms with Gasteiger partial charge in [-0.2, -0.15) is 0 Å². The molecule has 1 aromatic carbocycles. The Morgan fingerprint density at radius 3 is 2.30 bits per heavy atom. The second-order valence-electron chi connectivity index (χ2n) is 4.83. The average molecular weight is 353 g/mol. The van der Waals surface area contributed by atoms with Gasteiger partial charge in [0.2, 0.25) is 10.0 Å². The molecule has 9 heteroatoms. The number of non-ortho nitro benzene ring substituents is 1. The molecule has 0 saturated carbocycles. The lowest BCUT2D eigenvalue weighted by atomic mass is 10.2. The highest BCUT2D eigenvalue weighted by Gasteiger charge is 2.17. The topological polar surface area (TPSA) is 93.4 Å². The summed E-state index contributed by atoms with van der Waals surface area (Å²) in [5, 5.41) is 11.3. The maximum absolute atomic E-state index is 11.9. The molecular formula is C14H15N3O4S2. The number of nitrogens with zero attached hydrogens (tertiary/aromatic N) is 3. The molecule has 1 aromatic heterocycles. The fourth-order valence-corrected chi connectivity index (χ4v) is 3.33. The van der Waals surface area contributed by atoms with E-state index < -0.39 is 14.9 Å². The first kappa shape index (κ1) is 17.4. The second-order valence-corrected chi connectivity index (χ2v) is 7.98. The molecule has 2 aromatic rings. The number of thioether (sulfide) groups is 1. The Morgan fingerprint density at radius 1 is 1.17 bits per heavy atom. The summed E-state index contributed by atoms with van der Waals surface area (Å²) in [6.07, 6.45) is 1.33. The number of nitro groups is 1. The van der Waals surface area contributed by atoms with Gasteiger partial charge in [0.15, 0.2) is 0 Å². The van der Waals surface area contributed by atoms with Crippen molar-refractivity contribution in [2.45, 2.75) is 15.7 Å². The number of pyridine rings is 1.